The van der Waals surface area contributed by atoms with Crippen LogP contribution in [0.15, 0.2) is 4.52 Å². The van der Waals surface area contributed by atoms with Gasteiger partial charge < -0.3 is 9.84 Å². The fourth-order valence-corrected chi connectivity index (χ4v) is 2.31. The average Bonchev–Trinajstić information content (AvgIpc) is 2.53. The molecule has 0 aromatic carbocycles. The normalized spacial score (nSPS) is 23.0. The Kier molecular flexibility index (Phi) is 4.02. The van der Waals surface area contributed by atoms with Gasteiger partial charge in [0.05, 0.1) is 6.54 Å². The Labute approximate surface area is 109 Å². The summed E-state index contributed by atoms with van der Waals surface area (Å²) in [5.74, 6) is 1.44. The van der Waals surface area contributed by atoms with Crippen molar-refractivity contribution in [1.82, 2.24) is 20.4 Å². The van der Waals surface area contributed by atoms with Crippen molar-refractivity contribution < 1.29 is 4.52 Å². The summed E-state index contributed by atoms with van der Waals surface area (Å²) in [7, 11) is 0. The molecule has 2 rings (SSSR count). The third-order valence-electron chi connectivity index (χ3n) is 3.46. The maximum absolute atomic E-state index is 5.21. The Bertz CT molecular complexity index is 383. The van der Waals surface area contributed by atoms with Crippen LogP contribution in [0.3, 0.4) is 0 Å². The van der Waals surface area contributed by atoms with Gasteiger partial charge in [-0.3, -0.25) is 4.90 Å². The second-order valence-electron chi connectivity index (χ2n) is 6.20. The summed E-state index contributed by atoms with van der Waals surface area (Å²) in [4.78, 5) is 6.69. The standard InChI is InChI=1S/C13H24N4O/c1-10-15-12(18-16-10)9-17-7-5-6-14-11(8-17)13(2,3)4/h11,14H,5-9H2,1-4H3. The van der Waals surface area contributed by atoms with Crippen molar-refractivity contribution in [2.24, 2.45) is 5.41 Å². The molecule has 0 spiro atoms. The van der Waals surface area contributed by atoms with Crippen LogP contribution in [0.4, 0.5) is 0 Å². The van der Waals surface area contributed by atoms with Gasteiger partial charge >= 0.3 is 0 Å². The minimum Gasteiger partial charge on any atom is -0.338 e. The summed E-state index contributed by atoms with van der Waals surface area (Å²) in [6.07, 6.45) is 1.17. The molecule has 0 bridgehead atoms. The number of hydrogen-bond donors (Lipinski definition) is 1. The number of aryl methyl sites for hydroxylation is 1. The molecule has 1 aliphatic heterocycles. The van der Waals surface area contributed by atoms with Crippen molar-refractivity contribution >= 4 is 0 Å². The van der Waals surface area contributed by atoms with E-state index in [0.29, 0.717) is 11.9 Å². The summed E-state index contributed by atoms with van der Waals surface area (Å²) in [6, 6.07) is 0.504. The summed E-state index contributed by atoms with van der Waals surface area (Å²) in [5, 5.41) is 7.48. The predicted molar refractivity (Wildman–Crippen MR) is 70.2 cm³/mol. The topological polar surface area (TPSA) is 54.2 Å². The van der Waals surface area contributed by atoms with Crippen molar-refractivity contribution in [1.29, 1.82) is 0 Å². The minimum atomic E-state index is 0.271. The summed E-state index contributed by atoms with van der Waals surface area (Å²) < 4.78 is 5.21. The Morgan fingerprint density at radius 3 is 2.83 bits per heavy atom. The molecule has 1 N–H and O–H groups in total. The van der Waals surface area contributed by atoms with E-state index in [9.17, 15) is 0 Å². The van der Waals surface area contributed by atoms with Crippen molar-refractivity contribution in [3.8, 4) is 0 Å². The first kappa shape index (κ1) is 13.5. The number of rotatable bonds is 2. The smallest absolute Gasteiger partial charge is 0.240 e. The van der Waals surface area contributed by atoms with Gasteiger partial charge in [-0.2, -0.15) is 4.98 Å². The van der Waals surface area contributed by atoms with E-state index < -0.39 is 0 Å². The Hall–Kier alpha value is -0.940. The van der Waals surface area contributed by atoms with E-state index in [1.165, 1.54) is 6.42 Å². The van der Waals surface area contributed by atoms with Gasteiger partial charge in [0.15, 0.2) is 5.82 Å². The van der Waals surface area contributed by atoms with E-state index >= 15 is 0 Å². The lowest BCUT2D eigenvalue weighted by Gasteiger charge is -2.33. The number of nitrogens with one attached hydrogen (secondary N) is 1. The van der Waals surface area contributed by atoms with Crippen molar-refractivity contribution in [3.63, 3.8) is 0 Å². The number of nitrogens with zero attached hydrogens (tertiary/aromatic N) is 3. The molecule has 1 saturated heterocycles. The third kappa shape index (κ3) is 3.53. The van der Waals surface area contributed by atoms with Gasteiger partial charge in [0.2, 0.25) is 5.89 Å². The summed E-state index contributed by atoms with van der Waals surface area (Å²) >= 11 is 0. The molecule has 2 heterocycles. The van der Waals surface area contributed by atoms with Crippen LogP contribution >= 0.6 is 0 Å². The van der Waals surface area contributed by atoms with Crippen LogP contribution in [0.1, 0.15) is 38.9 Å². The quantitative estimate of drug-likeness (QED) is 0.866. The first-order valence-corrected chi connectivity index (χ1v) is 6.70. The van der Waals surface area contributed by atoms with Crippen LogP contribution in [0, 0.1) is 12.3 Å². The lowest BCUT2D eigenvalue weighted by molar-refractivity contribution is 0.176. The highest BCUT2D eigenvalue weighted by molar-refractivity contribution is 4.88. The van der Waals surface area contributed by atoms with Crippen molar-refractivity contribution in [2.45, 2.75) is 46.7 Å². The van der Waals surface area contributed by atoms with E-state index in [0.717, 1.165) is 32.1 Å². The van der Waals surface area contributed by atoms with Gasteiger partial charge in [0.1, 0.15) is 0 Å². The lowest BCUT2D eigenvalue weighted by atomic mass is 9.86. The highest BCUT2D eigenvalue weighted by atomic mass is 16.5. The molecule has 1 fully saturated rings. The van der Waals surface area contributed by atoms with Crippen LogP contribution < -0.4 is 5.32 Å². The second kappa shape index (κ2) is 5.36. The fraction of sp³-hybridized carbons (Fsp3) is 0.846. The van der Waals surface area contributed by atoms with E-state index in [4.69, 9.17) is 4.52 Å². The Morgan fingerprint density at radius 2 is 2.22 bits per heavy atom. The monoisotopic (exact) mass is 252 g/mol. The van der Waals surface area contributed by atoms with Gasteiger partial charge in [-0.1, -0.05) is 25.9 Å². The van der Waals surface area contributed by atoms with E-state index in [-0.39, 0.29) is 5.41 Å². The molecule has 0 radical (unpaired) electrons. The van der Waals surface area contributed by atoms with E-state index in [1.807, 2.05) is 6.92 Å². The molecule has 5 heteroatoms. The molecule has 1 atom stereocenters. The van der Waals surface area contributed by atoms with Gasteiger partial charge in [-0.15, -0.1) is 0 Å². The van der Waals surface area contributed by atoms with Gasteiger partial charge in [-0.05, 0) is 31.8 Å². The maximum Gasteiger partial charge on any atom is 0.240 e. The zero-order valence-corrected chi connectivity index (χ0v) is 11.9. The first-order chi connectivity index (χ1) is 8.45. The molecular formula is C13H24N4O. The van der Waals surface area contributed by atoms with Gasteiger partial charge in [-0.25, -0.2) is 0 Å². The SMILES string of the molecule is Cc1noc(CN2CCCNC(C(C)(C)C)C2)n1. The summed E-state index contributed by atoms with van der Waals surface area (Å²) in [5.41, 5.74) is 0.271. The minimum absolute atomic E-state index is 0.271. The molecule has 0 saturated carbocycles. The van der Waals surface area contributed by atoms with E-state index in [2.05, 4.69) is 41.1 Å². The first-order valence-electron chi connectivity index (χ1n) is 6.70. The van der Waals surface area contributed by atoms with E-state index in [1.54, 1.807) is 0 Å². The van der Waals surface area contributed by atoms with Crippen LogP contribution in [0.2, 0.25) is 0 Å². The Balaban J connectivity index is 1.99. The molecule has 0 amide bonds. The van der Waals surface area contributed by atoms with Crippen LogP contribution in [0.5, 0.6) is 0 Å². The number of aromatic nitrogens is 2. The Morgan fingerprint density at radius 1 is 1.44 bits per heavy atom. The highest BCUT2D eigenvalue weighted by Gasteiger charge is 2.28. The molecule has 1 aliphatic rings. The van der Waals surface area contributed by atoms with Crippen LogP contribution in [-0.4, -0.2) is 40.7 Å². The van der Waals surface area contributed by atoms with Gasteiger partial charge in [0, 0.05) is 12.6 Å². The molecule has 1 unspecified atom stereocenters. The molecule has 102 valence electrons. The van der Waals surface area contributed by atoms with Crippen LogP contribution in [0.25, 0.3) is 0 Å². The predicted octanol–water partition coefficient (Wildman–Crippen LogP) is 1.59. The van der Waals surface area contributed by atoms with Gasteiger partial charge in [0.25, 0.3) is 0 Å². The summed E-state index contributed by atoms with van der Waals surface area (Å²) in [6.45, 7) is 12.7. The highest BCUT2D eigenvalue weighted by Crippen LogP contribution is 2.22. The van der Waals surface area contributed by atoms with Crippen molar-refractivity contribution in [3.05, 3.63) is 11.7 Å². The zero-order chi connectivity index (χ0) is 13.2. The van der Waals surface area contributed by atoms with Crippen molar-refractivity contribution in [2.75, 3.05) is 19.6 Å². The molecule has 5 nitrogen and oxygen atoms in total. The fourth-order valence-electron chi connectivity index (χ4n) is 2.31. The lowest BCUT2D eigenvalue weighted by Crippen LogP contribution is -2.46. The largest absolute Gasteiger partial charge is 0.338 e. The maximum atomic E-state index is 5.21. The molecule has 18 heavy (non-hydrogen) atoms. The average molecular weight is 252 g/mol. The van der Waals surface area contributed by atoms with Crippen LogP contribution in [-0.2, 0) is 6.54 Å². The molecular weight excluding hydrogens is 228 g/mol. The number of hydrogen-bond acceptors (Lipinski definition) is 5. The molecule has 1 aromatic heterocycles. The third-order valence-corrected chi connectivity index (χ3v) is 3.46. The second-order valence-corrected chi connectivity index (χ2v) is 6.20. The molecule has 1 aromatic rings. The molecule has 0 aliphatic carbocycles. The zero-order valence-electron chi connectivity index (χ0n) is 11.9.